The zero-order valence-corrected chi connectivity index (χ0v) is 10.6. The van der Waals surface area contributed by atoms with E-state index in [0.717, 1.165) is 19.4 Å². The minimum absolute atomic E-state index is 0.0339. The zero-order chi connectivity index (χ0) is 11.3. The van der Waals surface area contributed by atoms with Crippen molar-refractivity contribution < 1.29 is 4.79 Å². The largest absolute Gasteiger partial charge is 0.316 e. The van der Waals surface area contributed by atoms with Crippen LogP contribution in [0.25, 0.3) is 0 Å². The summed E-state index contributed by atoms with van der Waals surface area (Å²) in [7, 11) is 0. The van der Waals surface area contributed by atoms with Gasteiger partial charge in [-0.2, -0.15) is 12.6 Å². The van der Waals surface area contributed by atoms with E-state index in [1.54, 1.807) is 0 Å². The van der Waals surface area contributed by atoms with Crippen LogP contribution in [0.1, 0.15) is 40.0 Å². The minimum Gasteiger partial charge on any atom is -0.316 e. The van der Waals surface area contributed by atoms with Crippen LogP contribution in [0, 0.1) is 5.41 Å². The number of allylic oxidation sites excluding steroid dienone is 2. The maximum atomic E-state index is 11.8. The van der Waals surface area contributed by atoms with Crippen LogP contribution in [-0.4, -0.2) is 22.1 Å². The molecule has 0 spiro atoms. The lowest BCUT2D eigenvalue weighted by Crippen LogP contribution is -2.39. The first-order chi connectivity index (χ1) is 6.86. The molecular formula is C12H19NOS. The van der Waals surface area contributed by atoms with Gasteiger partial charge in [0.2, 0.25) is 5.91 Å². The van der Waals surface area contributed by atoms with E-state index < -0.39 is 0 Å². The van der Waals surface area contributed by atoms with Crippen LogP contribution < -0.4 is 0 Å². The van der Waals surface area contributed by atoms with Gasteiger partial charge in [-0.15, -0.1) is 0 Å². The van der Waals surface area contributed by atoms with E-state index in [-0.39, 0.29) is 16.1 Å². The van der Waals surface area contributed by atoms with Crippen molar-refractivity contribution in [3.63, 3.8) is 0 Å². The second-order valence-corrected chi connectivity index (χ2v) is 6.43. The Morgan fingerprint density at radius 1 is 1.53 bits per heavy atom. The SMILES string of the molecule is CC(C)(S)C1(C)CCN2C(=O)CCC=C21. The smallest absolute Gasteiger partial charge is 0.227 e. The summed E-state index contributed by atoms with van der Waals surface area (Å²) in [5.41, 5.74) is 1.24. The molecule has 0 aromatic rings. The van der Waals surface area contributed by atoms with Gasteiger partial charge in [-0.1, -0.05) is 26.8 Å². The van der Waals surface area contributed by atoms with Gasteiger partial charge < -0.3 is 4.90 Å². The van der Waals surface area contributed by atoms with Crippen molar-refractivity contribution in [3.8, 4) is 0 Å². The van der Waals surface area contributed by atoms with Crippen LogP contribution in [0.15, 0.2) is 11.8 Å². The lowest BCUT2D eigenvalue weighted by atomic mass is 9.74. The topological polar surface area (TPSA) is 20.3 Å². The van der Waals surface area contributed by atoms with Crippen molar-refractivity contribution in [2.75, 3.05) is 6.54 Å². The maximum Gasteiger partial charge on any atom is 0.227 e. The Hall–Kier alpha value is -0.440. The van der Waals surface area contributed by atoms with E-state index >= 15 is 0 Å². The molecule has 1 unspecified atom stereocenters. The van der Waals surface area contributed by atoms with Gasteiger partial charge in [0.15, 0.2) is 0 Å². The third-order valence-electron chi connectivity index (χ3n) is 4.04. The summed E-state index contributed by atoms with van der Waals surface area (Å²) in [6, 6.07) is 0. The van der Waals surface area contributed by atoms with E-state index in [2.05, 4.69) is 26.8 Å². The van der Waals surface area contributed by atoms with Gasteiger partial charge in [0.1, 0.15) is 0 Å². The molecule has 1 saturated heterocycles. The first kappa shape index (κ1) is 11.1. The predicted molar refractivity (Wildman–Crippen MR) is 64.8 cm³/mol. The first-order valence-corrected chi connectivity index (χ1v) is 6.04. The molecular weight excluding hydrogens is 206 g/mol. The number of amides is 1. The average Bonchev–Trinajstić information content (AvgIpc) is 2.46. The standard InChI is InChI=1S/C12H19NOS/c1-11(2,15)12(3)7-8-13-9(12)5-4-6-10(13)14/h5,15H,4,6-8H2,1-3H3. The van der Waals surface area contributed by atoms with Crippen LogP contribution >= 0.6 is 12.6 Å². The van der Waals surface area contributed by atoms with Crippen molar-refractivity contribution in [1.29, 1.82) is 0 Å². The summed E-state index contributed by atoms with van der Waals surface area (Å²) in [5.74, 6) is 0.286. The molecule has 0 aromatic heterocycles. The Morgan fingerprint density at radius 3 is 2.80 bits per heavy atom. The van der Waals surface area contributed by atoms with Gasteiger partial charge in [-0.25, -0.2) is 0 Å². The van der Waals surface area contributed by atoms with Crippen molar-refractivity contribution in [2.45, 2.75) is 44.8 Å². The van der Waals surface area contributed by atoms with Crippen molar-refractivity contribution in [1.82, 2.24) is 4.90 Å². The summed E-state index contributed by atoms with van der Waals surface area (Å²) >= 11 is 4.70. The van der Waals surface area contributed by atoms with Crippen molar-refractivity contribution in [3.05, 3.63) is 11.8 Å². The average molecular weight is 225 g/mol. The first-order valence-electron chi connectivity index (χ1n) is 5.60. The molecule has 1 amide bonds. The number of hydrogen-bond acceptors (Lipinski definition) is 2. The van der Waals surface area contributed by atoms with E-state index in [0.29, 0.717) is 6.42 Å². The van der Waals surface area contributed by atoms with Gasteiger partial charge >= 0.3 is 0 Å². The molecule has 0 aromatic carbocycles. The minimum atomic E-state index is -0.0782. The molecule has 2 nitrogen and oxygen atoms in total. The fourth-order valence-electron chi connectivity index (χ4n) is 2.56. The molecule has 3 heteroatoms. The molecule has 1 atom stereocenters. The Balaban J connectivity index is 2.40. The number of fused-ring (bicyclic) bond motifs is 1. The van der Waals surface area contributed by atoms with Crippen LogP contribution in [0.5, 0.6) is 0 Å². The van der Waals surface area contributed by atoms with Crippen LogP contribution in [0.4, 0.5) is 0 Å². The summed E-state index contributed by atoms with van der Waals surface area (Å²) in [6.45, 7) is 7.37. The summed E-state index contributed by atoms with van der Waals surface area (Å²) in [6.07, 6.45) is 4.82. The number of carbonyl (C=O) groups excluding carboxylic acids is 1. The number of nitrogens with zero attached hydrogens (tertiary/aromatic N) is 1. The quantitative estimate of drug-likeness (QED) is 0.680. The summed E-state index contributed by atoms with van der Waals surface area (Å²) in [5, 5.41) is 0. The highest BCUT2D eigenvalue weighted by Crippen LogP contribution is 2.51. The van der Waals surface area contributed by atoms with Crippen molar-refractivity contribution in [2.24, 2.45) is 5.41 Å². The molecule has 2 aliphatic heterocycles. The summed E-state index contributed by atoms with van der Waals surface area (Å²) in [4.78, 5) is 13.7. The van der Waals surface area contributed by atoms with Gasteiger partial charge in [0.25, 0.3) is 0 Å². The number of carbonyl (C=O) groups is 1. The predicted octanol–water partition coefficient (Wildman–Crippen LogP) is 2.61. The maximum absolute atomic E-state index is 11.8. The Labute approximate surface area is 97.1 Å². The lowest BCUT2D eigenvalue weighted by Gasteiger charge is -2.40. The Bertz CT molecular complexity index is 329. The molecule has 15 heavy (non-hydrogen) atoms. The Morgan fingerprint density at radius 2 is 2.20 bits per heavy atom. The Kier molecular flexibility index (Phi) is 2.41. The molecule has 0 saturated carbocycles. The highest BCUT2D eigenvalue weighted by Gasteiger charge is 2.49. The second kappa shape index (κ2) is 3.27. The highest BCUT2D eigenvalue weighted by molar-refractivity contribution is 7.81. The van der Waals surface area contributed by atoms with E-state index in [1.807, 2.05) is 4.90 Å². The fourth-order valence-corrected chi connectivity index (χ4v) is 2.79. The third-order valence-corrected chi connectivity index (χ3v) is 4.53. The molecule has 1 fully saturated rings. The molecule has 0 bridgehead atoms. The van der Waals surface area contributed by atoms with Gasteiger partial charge in [0.05, 0.1) is 0 Å². The van der Waals surface area contributed by atoms with E-state index in [4.69, 9.17) is 12.6 Å². The zero-order valence-electron chi connectivity index (χ0n) is 9.71. The lowest BCUT2D eigenvalue weighted by molar-refractivity contribution is -0.129. The molecule has 0 N–H and O–H groups in total. The normalized spacial score (nSPS) is 31.6. The fraction of sp³-hybridized carbons (Fsp3) is 0.750. The van der Waals surface area contributed by atoms with Crippen LogP contribution in [0.3, 0.4) is 0 Å². The van der Waals surface area contributed by atoms with Crippen LogP contribution in [-0.2, 0) is 4.79 Å². The van der Waals surface area contributed by atoms with Gasteiger partial charge in [0, 0.05) is 28.8 Å². The molecule has 0 aliphatic carbocycles. The van der Waals surface area contributed by atoms with Crippen molar-refractivity contribution >= 4 is 18.5 Å². The van der Waals surface area contributed by atoms with Gasteiger partial charge in [-0.3, -0.25) is 4.79 Å². The molecule has 84 valence electrons. The van der Waals surface area contributed by atoms with E-state index in [1.165, 1.54) is 5.70 Å². The summed E-state index contributed by atoms with van der Waals surface area (Å²) < 4.78 is -0.0782. The molecule has 0 radical (unpaired) electrons. The van der Waals surface area contributed by atoms with Crippen LogP contribution in [0.2, 0.25) is 0 Å². The second-order valence-electron chi connectivity index (χ2n) is 5.31. The van der Waals surface area contributed by atoms with E-state index in [9.17, 15) is 4.79 Å². The molecule has 2 heterocycles. The molecule has 2 aliphatic rings. The number of thiol groups is 1. The number of rotatable bonds is 1. The number of hydrogen-bond donors (Lipinski definition) is 1. The van der Waals surface area contributed by atoms with Gasteiger partial charge in [-0.05, 0) is 12.8 Å². The monoisotopic (exact) mass is 225 g/mol. The molecule has 2 rings (SSSR count). The highest BCUT2D eigenvalue weighted by atomic mass is 32.1. The third kappa shape index (κ3) is 1.52.